The van der Waals surface area contributed by atoms with Crippen LogP contribution in [0.2, 0.25) is 0 Å². The number of carbonyl (C=O) groups is 1. The minimum absolute atomic E-state index is 0.0273. The number of nitrogens with two attached hydrogens (primary N) is 1. The first-order chi connectivity index (χ1) is 8.27. The van der Waals surface area contributed by atoms with Crippen molar-refractivity contribution >= 4 is 5.91 Å². The fourth-order valence-corrected chi connectivity index (χ4v) is 1.90. The molecule has 1 unspecified atom stereocenters. The maximum atomic E-state index is 12.3. The SMILES string of the molecule is CC(C)n1cccc1C(=O)NC(CN)C(C)(C)C. The standard InChI is InChI=1S/C14H25N3O/c1-10(2)17-8-6-7-11(17)13(18)16-12(9-15)14(3,4)5/h6-8,10,12H,9,15H2,1-5H3,(H,16,18). The van der Waals surface area contributed by atoms with Gasteiger partial charge in [-0.3, -0.25) is 4.79 Å². The molecular formula is C14H25N3O. The highest BCUT2D eigenvalue weighted by Crippen LogP contribution is 2.19. The van der Waals surface area contributed by atoms with Gasteiger partial charge in [0.25, 0.3) is 5.91 Å². The van der Waals surface area contributed by atoms with E-state index in [4.69, 9.17) is 5.73 Å². The molecule has 0 radical (unpaired) electrons. The lowest BCUT2D eigenvalue weighted by molar-refractivity contribution is 0.0894. The van der Waals surface area contributed by atoms with Crippen molar-refractivity contribution < 1.29 is 4.79 Å². The van der Waals surface area contributed by atoms with Crippen LogP contribution in [0.15, 0.2) is 18.3 Å². The van der Waals surface area contributed by atoms with Crippen molar-refractivity contribution in [2.24, 2.45) is 11.1 Å². The maximum absolute atomic E-state index is 12.3. The highest BCUT2D eigenvalue weighted by atomic mass is 16.2. The van der Waals surface area contributed by atoms with Gasteiger partial charge in [0.05, 0.1) is 0 Å². The number of aromatic nitrogens is 1. The minimum Gasteiger partial charge on any atom is -0.346 e. The average molecular weight is 251 g/mol. The molecule has 0 saturated carbocycles. The zero-order valence-electron chi connectivity index (χ0n) is 12.0. The van der Waals surface area contributed by atoms with Gasteiger partial charge in [-0.1, -0.05) is 20.8 Å². The third kappa shape index (κ3) is 3.35. The molecule has 3 N–H and O–H groups in total. The van der Waals surface area contributed by atoms with Crippen molar-refractivity contribution in [3.63, 3.8) is 0 Å². The third-order valence-electron chi connectivity index (χ3n) is 3.15. The van der Waals surface area contributed by atoms with E-state index in [1.165, 1.54) is 0 Å². The van der Waals surface area contributed by atoms with Crippen molar-refractivity contribution in [3.05, 3.63) is 24.0 Å². The smallest absolute Gasteiger partial charge is 0.268 e. The molecule has 1 atom stereocenters. The summed E-state index contributed by atoms with van der Waals surface area (Å²) in [4.78, 5) is 12.3. The Balaban J connectivity index is 2.85. The van der Waals surface area contributed by atoms with Crippen LogP contribution in [-0.2, 0) is 0 Å². The number of nitrogens with one attached hydrogen (secondary N) is 1. The number of hydrogen-bond acceptors (Lipinski definition) is 2. The van der Waals surface area contributed by atoms with Crippen molar-refractivity contribution in [1.29, 1.82) is 0 Å². The Morgan fingerprint density at radius 2 is 2.06 bits per heavy atom. The van der Waals surface area contributed by atoms with Gasteiger partial charge in [0.15, 0.2) is 0 Å². The van der Waals surface area contributed by atoms with Crippen LogP contribution in [0, 0.1) is 5.41 Å². The molecule has 102 valence electrons. The molecule has 0 fully saturated rings. The first-order valence-corrected chi connectivity index (χ1v) is 6.45. The van der Waals surface area contributed by atoms with E-state index in [-0.39, 0.29) is 23.4 Å². The molecule has 1 heterocycles. The van der Waals surface area contributed by atoms with Crippen LogP contribution in [0.5, 0.6) is 0 Å². The summed E-state index contributed by atoms with van der Waals surface area (Å²) in [7, 11) is 0. The molecule has 0 spiro atoms. The van der Waals surface area contributed by atoms with Gasteiger partial charge in [0, 0.05) is 24.8 Å². The predicted octanol–water partition coefficient (Wildman–Crippen LogP) is 2.17. The van der Waals surface area contributed by atoms with Crippen LogP contribution >= 0.6 is 0 Å². The van der Waals surface area contributed by atoms with E-state index < -0.39 is 0 Å². The Morgan fingerprint density at radius 1 is 1.44 bits per heavy atom. The highest BCUT2D eigenvalue weighted by Gasteiger charge is 2.26. The molecule has 4 heteroatoms. The van der Waals surface area contributed by atoms with Gasteiger partial charge < -0.3 is 15.6 Å². The number of nitrogens with zero attached hydrogens (tertiary/aromatic N) is 1. The third-order valence-corrected chi connectivity index (χ3v) is 3.15. The second kappa shape index (κ2) is 5.57. The largest absolute Gasteiger partial charge is 0.346 e. The Bertz CT molecular complexity index is 401. The molecule has 0 aliphatic carbocycles. The predicted molar refractivity (Wildman–Crippen MR) is 74.6 cm³/mol. The van der Waals surface area contributed by atoms with E-state index in [2.05, 4.69) is 39.9 Å². The topological polar surface area (TPSA) is 60.0 Å². The summed E-state index contributed by atoms with van der Waals surface area (Å²) in [5.41, 5.74) is 6.38. The van der Waals surface area contributed by atoms with E-state index in [1.54, 1.807) is 0 Å². The van der Waals surface area contributed by atoms with Crippen molar-refractivity contribution in [3.8, 4) is 0 Å². The van der Waals surface area contributed by atoms with Gasteiger partial charge in [0.1, 0.15) is 5.69 Å². The summed E-state index contributed by atoms with van der Waals surface area (Å²) in [5.74, 6) is -0.0564. The minimum atomic E-state index is -0.0564. The molecule has 0 aliphatic rings. The van der Waals surface area contributed by atoms with E-state index in [1.807, 2.05) is 22.9 Å². The Morgan fingerprint density at radius 3 is 2.50 bits per heavy atom. The summed E-state index contributed by atoms with van der Waals surface area (Å²) in [6.45, 7) is 10.8. The second-order valence-electron chi connectivity index (χ2n) is 6.02. The molecule has 1 rings (SSSR count). The normalized spacial score (nSPS) is 13.7. The number of hydrogen-bond donors (Lipinski definition) is 2. The first-order valence-electron chi connectivity index (χ1n) is 6.45. The quantitative estimate of drug-likeness (QED) is 0.861. The molecule has 0 aliphatic heterocycles. The van der Waals surface area contributed by atoms with E-state index in [9.17, 15) is 4.79 Å². The Hall–Kier alpha value is -1.29. The van der Waals surface area contributed by atoms with Crippen LogP contribution in [0.1, 0.15) is 51.1 Å². The summed E-state index contributed by atoms with van der Waals surface area (Å²) in [6.07, 6.45) is 1.92. The lowest BCUT2D eigenvalue weighted by Crippen LogP contribution is -2.48. The van der Waals surface area contributed by atoms with Crippen LogP contribution in [0.25, 0.3) is 0 Å². The van der Waals surface area contributed by atoms with Crippen LogP contribution in [0.4, 0.5) is 0 Å². The number of carbonyl (C=O) groups excluding carboxylic acids is 1. The fourth-order valence-electron chi connectivity index (χ4n) is 1.90. The number of rotatable bonds is 4. The summed E-state index contributed by atoms with van der Waals surface area (Å²) in [6, 6.07) is 3.97. The summed E-state index contributed by atoms with van der Waals surface area (Å²) in [5, 5.41) is 3.02. The zero-order valence-corrected chi connectivity index (χ0v) is 12.0. The second-order valence-corrected chi connectivity index (χ2v) is 6.02. The first kappa shape index (κ1) is 14.8. The summed E-state index contributed by atoms with van der Waals surface area (Å²) >= 11 is 0. The Kier molecular flexibility index (Phi) is 4.57. The average Bonchev–Trinajstić information content (AvgIpc) is 2.72. The van der Waals surface area contributed by atoms with E-state index in [0.717, 1.165) is 0 Å². The number of amides is 1. The molecule has 0 saturated heterocycles. The van der Waals surface area contributed by atoms with Gasteiger partial charge in [-0.2, -0.15) is 0 Å². The lowest BCUT2D eigenvalue weighted by atomic mass is 9.86. The molecule has 0 bridgehead atoms. The molecule has 0 aromatic carbocycles. The molecule has 1 aromatic heterocycles. The van der Waals surface area contributed by atoms with Gasteiger partial charge in [0.2, 0.25) is 0 Å². The van der Waals surface area contributed by atoms with Crippen molar-refractivity contribution in [2.75, 3.05) is 6.54 Å². The van der Waals surface area contributed by atoms with Crippen molar-refractivity contribution in [1.82, 2.24) is 9.88 Å². The maximum Gasteiger partial charge on any atom is 0.268 e. The molecule has 18 heavy (non-hydrogen) atoms. The Labute approximate surface area is 110 Å². The van der Waals surface area contributed by atoms with Gasteiger partial charge >= 0.3 is 0 Å². The van der Waals surface area contributed by atoms with Crippen molar-refractivity contribution in [2.45, 2.75) is 46.7 Å². The zero-order chi connectivity index (χ0) is 13.9. The van der Waals surface area contributed by atoms with Gasteiger partial charge in [-0.25, -0.2) is 0 Å². The van der Waals surface area contributed by atoms with E-state index >= 15 is 0 Å². The van der Waals surface area contributed by atoms with Crippen LogP contribution in [0.3, 0.4) is 0 Å². The monoisotopic (exact) mass is 251 g/mol. The fraction of sp³-hybridized carbons (Fsp3) is 0.643. The summed E-state index contributed by atoms with van der Waals surface area (Å²) < 4.78 is 1.96. The molecule has 1 aromatic rings. The van der Waals surface area contributed by atoms with Gasteiger partial charge in [-0.15, -0.1) is 0 Å². The van der Waals surface area contributed by atoms with Crippen LogP contribution in [-0.4, -0.2) is 23.1 Å². The molecular weight excluding hydrogens is 226 g/mol. The molecule has 4 nitrogen and oxygen atoms in total. The highest BCUT2D eigenvalue weighted by molar-refractivity contribution is 5.93. The van der Waals surface area contributed by atoms with Gasteiger partial charge in [-0.05, 0) is 31.4 Å². The van der Waals surface area contributed by atoms with Crippen LogP contribution < -0.4 is 11.1 Å². The van der Waals surface area contributed by atoms with E-state index in [0.29, 0.717) is 12.2 Å². The lowest BCUT2D eigenvalue weighted by Gasteiger charge is -2.30. The molecule has 1 amide bonds.